The fraction of sp³-hybridized carbons (Fsp3) is 0.643. The van der Waals surface area contributed by atoms with Crippen molar-refractivity contribution in [2.24, 2.45) is 5.73 Å². The molecule has 0 aliphatic carbocycles. The Morgan fingerprint density at radius 2 is 2.26 bits per heavy atom. The highest BCUT2D eigenvalue weighted by Crippen LogP contribution is 2.24. The van der Waals surface area contributed by atoms with Crippen molar-refractivity contribution >= 4 is 21.8 Å². The van der Waals surface area contributed by atoms with E-state index >= 15 is 0 Å². The number of halogens is 1. The minimum absolute atomic E-state index is 0.106. The highest BCUT2D eigenvalue weighted by Gasteiger charge is 2.28. The Morgan fingerprint density at radius 1 is 1.53 bits per heavy atom. The predicted octanol–water partition coefficient (Wildman–Crippen LogP) is 2.78. The molecule has 2 rings (SSSR count). The molecule has 2 heterocycles. The van der Waals surface area contributed by atoms with Gasteiger partial charge in [0.1, 0.15) is 5.69 Å². The molecule has 0 unspecified atom stereocenters. The molecule has 1 fully saturated rings. The average molecular weight is 328 g/mol. The number of rotatable bonds is 3. The van der Waals surface area contributed by atoms with Gasteiger partial charge in [0, 0.05) is 35.8 Å². The largest absolute Gasteiger partial charge is 0.340 e. The van der Waals surface area contributed by atoms with Crippen molar-refractivity contribution in [1.29, 1.82) is 0 Å². The van der Waals surface area contributed by atoms with Crippen LogP contribution in [0.3, 0.4) is 0 Å². The molecule has 106 valence electrons. The number of hydrogen-bond donors (Lipinski definition) is 1. The highest BCUT2D eigenvalue weighted by atomic mass is 79.9. The minimum Gasteiger partial charge on any atom is -0.340 e. The van der Waals surface area contributed by atoms with E-state index in [1.807, 2.05) is 21.7 Å². The zero-order valence-corrected chi connectivity index (χ0v) is 13.2. The predicted molar refractivity (Wildman–Crippen MR) is 80.2 cm³/mol. The van der Waals surface area contributed by atoms with E-state index in [0.29, 0.717) is 6.54 Å². The van der Waals surface area contributed by atoms with Crippen LogP contribution in [0.15, 0.2) is 16.7 Å². The van der Waals surface area contributed by atoms with Crippen molar-refractivity contribution in [3.05, 3.63) is 22.4 Å². The summed E-state index contributed by atoms with van der Waals surface area (Å²) in [6.45, 7) is 5.54. The molecule has 5 heteroatoms. The number of nitrogens with two attached hydrogens (primary N) is 1. The van der Waals surface area contributed by atoms with E-state index in [4.69, 9.17) is 5.73 Å². The molecule has 4 nitrogen and oxygen atoms in total. The zero-order valence-electron chi connectivity index (χ0n) is 11.6. The lowest BCUT2D eigenvalue weighted by molar-refractivity contribution is 0.0610. The quantitative estimate of drug-likeness (QED) is 0.928. The van der Waals surface area contributed by atoms with E-state index in [-0.39, 0.29) is 18.0 Å². The summed E-state index contributed by atoms with van der Waals surface area (Å²) < 4.78 is 2.97. The third kappa shape index (κ3) is 3.03. The van der Waals surface area contributed by atoms with Crippen molar-refractivity contribution in [2.75, 3.05) is 13.1 Å². The topological polar surface area (TPSA) is 51.3 Å². The maximum absolute atomic E-state index is 12.7. The zero-order chi connectivity index (χ0) is 14.0. The lowest BCUT2D eigenvalue weighted by Gasteiger charge is -2.35. The molecule has 0 saturated carbocycles. The summed E-state index contributed by atoms with van der Waals surface area (Å²) >= 11 is 3.46. The van der Waals surface area contributed by atoms with Crippen LogP contribution in [0.25, 0.3) is 0 Å². The van der Waals surface area contributed by atoms with Gasteiger partial charge in [-0.2, -0.15) is 0 Å². The number of likely N-dealkylation sites (tertiary alicyclic amines) is 1. The van der Waals surface area contributed by atoms with Crippen molar-refractivity contribution in [3.8, 4) is 0 Å². The van der Waals surface area contributed by atoms with Crippen LogP contribution in [0.1, 0.15) is 49.6 Å². The van der Waals surface area contributed by atoms with Gasteiger partial charge in [-0.1, -0.05) is 0 Å². The van der Waals surface area contributed by atoms with Gasteiger partial charge >= 0.3 is 0 Å². The highest BCUT2D eigenvalue weighted by molar-refractivity contribution is 9.10. The molecule has 1 saturated heterocycles. The molecule has 1 amide bonds. The molecule has 1 atom stereocenters. The van der Waals surface area contributed by atoms with Crippen molar-refractivity contribution in [2.45, 2.75) is 45.2 Å². The van der Waals surface area contributed by atoms with Crippen LogP contribution < -0.4 is 5.73 Å². The first-order valence-electron chi connectivity index (χ1n) is 6.93. The van der Waals surface area contributed by atoms with E-state index in [0.717, 1.165) is 29.6 Å². The summed E-state index contributed by atoms with van der Waals surface area (Å²) in [6.07, 6.45) is 5.23. The molecule has 1 aromatic heterocycles. The molecule has 0 radical (unpaired) electrons. The molecule has 0 bridgehead atoms. The molecule has 0 aromatic carbocycles. The third-order valence-corrected chi connectivity index (χ3v) is 4.18. The number of amides is 1. The second-order valence-electron chi connectivity index (χ2n) is 5.43. The van der Waals surface area contributed by atoms with Crippen molar-refractivity contribution in [1.82, 2.24) is 9.47 Å². The van der Waals surface area contributed by atoms with Crippen LogP contribution in [0.4, 0.5) is 0 Å². The van der Waals surface area contributed by atoms with Gasteiger partial charge in [-0.05, 0) is 55.1 Å². The summed E-state index contributed by atoms with van der Waals surface area (Å²) in [4.78, 5) is 14.7. The smallest absolute Gasteiger partial charge is 0.270 e. The Hall–Kier alpha value is -0.810. The lowest BCUT2D eigenvalue weighted by atomic mass is 10.0. The van der Waals surface area contributed by atoms with Crippen molar-refractivity contribution < 1.29 is 4.79 Å². The molecular formula is C14H22BrN3O. The van der Waals surface area contributed by atoms with Gasteiger partial charge < -0.3 is 15.2 Å². The summed E-state index contributed by atoms with van der Waals surface area (Å²) in [6, 6.07) is 2.37. The second kappa shape index (κ2) is 6.09. The van der Waals surface area contributed by atoms with Gasteiger partial charge in [0.25, 0.3) is 5.91 Å². The first kappa shape index (κ1) is 14.6. The first-order chi connectivity index (χ1) is 9.04. The van der Waals surface area contributed by atoms with Crippen LogP contribution in [0.2, 0.25) is 0 Å². The second-order valence-corrected chi connectivity index (χ2v) is 6.34. The third-order valence-electron chi connectivity index (χ3n) is 3.75. The monoisotopic (exact) mass is 327 g/mol. The molecule has 0 spiro atoms. The number of carbonyl (C=O) groups is 1. The standard InChI is InChI=1S/C14H22BrN3O/c1-10(2)18-9-11(15)7-13(18)14(19)17-6-4-3-5-12(17)8-16/h7,9-10,12H,3-6,8,16H2,1-2H3/t12-/m1/s1. The number of aromatic nitrogens is 1. The van der Waals surface area contributed by atoms with E-state index in [9.17, 15) is 4.79 Å². The van der Waals surface area contributed by atoms with Gasteiger partial charge in [-0.25, -0.2) is 0 Å². The molecule has 1 aliphatic rings. The number of hydrogen-bond acceptors (Lipinski definition) is 2. The van der Waals surface area contributed by atoms with Gasteiger partial charge in [-0.15, -0.1) is 0 Å². The Bertz CT molecular complexity index is 456. The number of piperidine rings is 1. The Morgan fingerprint density at radius 3 is 2.89 bits per heavy atom. The number of nitrogens with zero attached hydrogens (tertiary/aromatic N) is 2. The molecule has 1 aromatic rings. The maximum Gasteiger partial charge on any atom is 0.270 e. The normalized spacial score (nSPS) is 20.1. The average Bonchev–Trinajstić information content (AvgIpc) is 2.80. The summed E-state index contributed by atoms with van der Waals surface area (Å²) in [5.41, 5.74) is 6.55. The van der Waals surface area contributed by atoms with Gasteiger partial charge in [0.05, 0.1) is 0 Å². The lowest BCUT2D eigenvalue weighted by Crippen LogP contribution is -2.47. The van der Waals surface area contributed by atoms with Crippen molar-refractivity contribution in [3.63, 3.8) is 0 Å². The van der Waals surface area contributed by atoms with E-state index < -0.39 is 0 Å². The van der Waals surface area contributed by atoms with Gasteiger partial charge in [0.15, 0.2) is 0 Å². The van der Waals surface area contributed by atoms with Crippen LogP contribution in [-0.4, -0.2) is 34.5 Å². The van der Waals surface area contributed by atoms with Gasteiger partial charge in [0.2, 0.25) is 0 Å². The SMILES string of the molecule is CC(C)n1cc(Br)cc1C(=O)N1CCCC[C@@H]1CN. The van der Waals surface area contributed by atoms with Crippen LogP contribution >= 0.6 is 15.9 Å². The molecule has 1 aliphatic heterocycles. The summed E-state index contributed by atoms with van der Waals surface area (Å²) in [7, 11) is 0. The fourth-order valence-electron chi connectivity index (χ4n) is 2.70. The van der Waals surface area contributed by atoms with E-state index in [1.54, 1.807) is 0 Å². The number of carbonyl (C=O) groups excluding carboxylic acids is 1. The molecule has 2 N–H and O–H groups in total. The first-order valence-corrected chi connectivity index (χ1v) is 7.72. The Kier molecular flexibility index (Phi) is 4.68. The van der Waals surface area contributed by atoms with Crippen LogP contribution in [0, 0.1) is 0 Å². The van der Waals surface area contributed by atoms with E-state index in [2.05, 4.69) is 29.8 Å². The van der Waals surface area contributed by atoms with Crippen LogP contribution in [0.5, 0.6) is 0 Å². The summed E-state index contributed by atoms with van der Waals surface area (Å²) in [5, 5.41) is 0. The van der Waals surface area contributed by atoms with E-state index in [1.165, 1.54) is 6.42 Å². The summed E-state index contributed by atoms with van der Waals surface area (Å²) in [5.74, 6) is 0.106. The minimum atomic E-state index is 0.106. The van der Waals surface area contributed by atoms with Crippen LogP contribution in [-0.2, 0) is 0 Å². The fourth-order valence-corrected chi connectivity index (χ4v) is 3.14. The Labute approximate surface area is 123 Å². The van der Waals surface area contributed by atoms with Gasteiger partial charge in [-0.3, -0.25) is 4.79 Å². The maximum atomic E-state index is 12.7. The molecule has 19 heavy (non-hydrogen) atoms. The Balaban J connectivity index is 2.27. The molecular weight excluding hydrogens is 306 g/mol.